The number of carbonyl (C=O) groups excluding carboxylic acids is 3. The van der Waals surface area contributed by atoms with E-state index in [2.05, 4.69) is 20.3 Å². The van der Waals surface area contributed by atoms with Gasteiger partial charge in [0.2, 0.25) is 11.9 Å². The lowest BCUT2D eigenvalue weighted by atomic mass is 10.2. The number of urea groups is 1. The van der Waals surface area contributed by atoms with Crippen LogP contribution in [0.2, 0.25) is 0 Å². The number of para-hydroxylation sites is 1. The lowest BCUT2D eigenvalue weighted by molar-refractivity contribution is -0.143. The van der Waals surface area contributed by atoms with E-state index in [0.717, 1.165) is 21.1 Å². The van der Waals surface area contributed by atoms with Gasteiger partial charge in [0.1, 0.15) is 0 Å². The Labute approximate surface area is 171 Å². The summed E-state index contributed by atoms with van der Waals surface area (Å²) in [5.41, 5.74) is 7.20. The Kier molecular flexibility index (Phi) is 5.04. The van der Waals surface area contributed by atoms with E-state index in [1.165, 1.54) is 0 Å². The number of imide groups is 2. The van der Waals surface area contributed by atoms with Gasteiger partial charge in [-0.25, -0.2) is 9.69 Å². The second kappa shape index (κ2) is 7.95. The number of rotatable bonds is 6. The molecule has 1 fully saturated rings. The summed E-state index contributed by atoms with van der Waals surface area (Å²) in [6.07, 6.45) is 0. The molecule has 0 spiro atoms. The van der Waals surface area contributed by atoms with E-state index < -0.39 is 17.8 Å². The van der Waals surface area contributed by atoms with Crippen LogP contribution in [0, 0.1) is 0 Å². The highest BCUT2D eigenvalue weighted by molar-refractivity contribution is 6.44. The number of nitrogens with zero attached hydrogens (tertiary/aromatic N) is 5. The van der Waals surface area contributed by atoms with Gasteiger partial charge in [0, 0.05) is 5.69 Å². The van der Waals surface area contributed by atoms with Gasteiger partial charge >= 0.3 is 17.8 Å². The minimum absolute atomic E-state index is 0.000894. The summed E-state index contributed by atoms with van der Waals surface area (Å²) in [5.74, 6) is -1.67. The molecular weight excluding hydrogens is 386 g/mol. The number of benzene rings is 2. The topological polar surface area (TPSA) is 134 Å². The minimum Gasteiger partial charge on any atom is -0.368 e. The number of carbonyl (C=O) groups is 3. The van der Waals surface area contributed by atoms with Crippen LogP contribution in [0.15, 0.2) is 60.7 Å². The Morgan fingerprint density at radius 3 is 2.03 bits per heavy atom. The van der Waals surface area contributed by atoms with E-state index in [0.29, 0.717) is 0 Å². The van der Waals surface area contributed by atoms with Crippen LogP contribution in [-0.2, 0) is 22.7 Å². The smallest absolute Gasteiger partial charge is 0.334 e. The molecule has 30 heavy (non-hydrogen) atoms. The van der Waals surface area contributed by atoms with E-state index in [-0.39, 0.29) is 30.8 Å². The van der Waals surface area contributed by atoms with Crippen LogP contribution in [-0.4, -0.2) is 42.6 Å². The molecule has 0 radical (unpaired) electrons. The van der Waals surface area contributed by atoms with Gasteiger partial charge in [0.15, 0.2) is 5.82 Å². The van der Waals surface area contributed by atoms with Crippen molar-refractivity contribution < 1.29 is 14.4 Å². The summed E-state index contributed by atoms with van der Waals surface area (Å²) in [5, 5.41) is 2.97. The normalized spacial score (nSPS) is 13.8. The van der Waals surface area contributed by atoms with E-state index in [1.54, 1.807) is 24.3 Å². The Bertz CT molecular complexity index is 1110. The van der Waals surface area contributed by atoms with E-state index >= 15 is 0 Å². The second-order valence-corrected chi connectivity index (χ2v) is 6.48. The molecule has 4 amide bonds. The zero-order valence-electron chi connectivity index (χ0n) is 15.7. The highest BCUT2D eigenvalue weighted by Gasteiger charge is 2.44. The first-order valence-electron chi connectivity index (χ1n) is 9.05. The molecular formula is C20H17N7O3. The maximum Gasteiger partial charge on any atom is 0.334 e. The van der Waals surface area contributed by atoms with Crippen molar-refractivity contribution in [3.8, 4) is 0 Å². The average Bonchev–Trinajstić information content (AvgIpc) is 2.93. The molecule has 0 unspecified atom stereocenters. The van der Waals surface area contributed by atoms with Crippen molar-refractivity contribution in [3.05, 3.63) is 72.1 Å². The van der Waals surface area contributed by atoms with Gasteiger partial charge < -0.3 is 11.1 Å². The molecule has 3 N–H and O–H groups in total. The molecule has 1 saturated heterocycles. The van der Waals surface area contributed by atoms with Gasteiger partial charge in [-0.1, -0.05) is 48.5 Å². The molecule has 1 aliphatic rings. The molecule has 150 valence electrons. The van der Waals surface area contributed by atoms with Crippen LogP contribution in [0.3, 0.4) is 0 Å². The average molecular weight is 403 g/mol. The van der Waals surface area contributed by atoms with Crippen molar-refractivity contribution >= 4 is 35.4 Å². The van der Waals surface area contributed by atoms with Crippen molar-refractivity contribution in [2.24, 2.45) is 0 Å². The van der Waals surface area contributed by atoms with Crippen LogP contribution in [0.4, 0.5) is 22.4 Å². The monoisotopic (exact) mass is 403 g/mol. The number of hydrogen-bond acceptors (Lipinski definition) is 8. The predicted octanol–water partition coefficient (Wildman–Crippen LogP) is 1.69. The van der Waals surface area contributed by atoms with Crippen molar-refractivity contribution in [1.82, 2.24) is 24.8 Å². The molecule has 0 saturated carbocycles. The van der Waals surface area contributed by atoms with Gasteiger partial charge in [-0.15, -0.1) is 0 Å². The Balaban J connectivity index is 1.53. The first kappa shape index (κ1) is 19.0. The predicted molar refractivity (Wildman–Crippen MR) is 107 cm³/mol. The first-order chi connectivity index (χ1) is 14.5. The number of anilines is 3. The number of aromatic nitrogens is 3. The number of nitrogens with one attached hydrogen (secondary N) is 1. The molecule has 0 atom stereocenters. The maximum absolute atomic E-state index is 12.7. The van der Waals surface area contributed by atoms with Crippen LogP contribution in [0.25, 0.3) is 0 Å². The molecule has 1 aromatic heterocycles. The van der Waals surface area contributed by atoms with Crippen molar-refractivity contribution in [2.75, 3.05) is 11.1 Å². The van der Waals surface area contributed by atoms with Crippen LogP contribution < -0.4 is 11.1 Å². The molecule has 10 nitrogen and oxygen atoms in total. The van der Waals surface area contributed by atoms with Crippen LogP contribution in [0.5, 0.6) is 0 Å². The third kappa shape index (κ3) is 3.92. The van der Waals surface area contributed by atoms with Crippen molar-refractivity contribution in [1.29, 1.82) is 0 Å². The van der Waals surface area contributed by atoms with E-state index in [4.69, 9.17) is 5.73 Å². The summed E-state index contributed by atoms with van der Waals surface area (Å²) in [7, 11) is 0. The summed E-state index contributed by atoms with van der Waals surface area (Å²) < 4.78 is 0. The second-order valence-electron chi connectivity index (χ2n) is 6.48. The highest BCUT2D eigenvalue weighted by Crippen LogP contribution is 2.19. The van der Waals surface area contributed by atoms with E-state index in [1.807, 2.05) is 36.4 Å². The van der Waals surface area contributed by atoms with Gasteiger partial charge in [-0.2, -0.15) is 15.0 Å². The van der Waals surface area contributed by atoms with Crippen LogP contribution in [0.1, 0.15) is 11.4 Å². The summed E-state index contributed by atoms with van der Waals surface area (Å²) >= 11 is 0. The molecule has 2 aromatic carbocycles. The molecule has 1 aliphatic heterocycles. The third-order valence-corrected chi connectivity index (χ3v) is 4.35. The van der Waals surface area contributed by atoms with Gasteiger partial charge in [0.25, 0.3) is 0 Å². The number of nitrogens with two attached hydrogens (primary N) is 1. The number of amides is 4. The standard InChI is InChI=1S/C20H17N7O3/c21-18-23-15(24-19(25-18)22-14-9-5-2-6-10-14)12-27-17(29)16(28)26(20(27)30)11-13-7-3-1-4-8-13/h1-10H,11-12H2,(H3,21,22,23,24,25). The molecule has 3 aromatic rings. The molecule has 2 heterocycles. The fourth-order valence-electron chi connectivity index (χ4n) is 2.95. The molecule has 4 rings (SSSR count). The minimum atomic E-state index is -0.938. The molecule has 0 bridgehead atoms. The third-order valence-electron chi connectivity index (χ3n) is 4.35. The largest absolute Gasteiger partial charge is 0.368 e. The summed E-state index contributed by atoms with van der Waals surface area (Å²) in [6.45, 7) is -0.300. The molecule has 0 aliphatic carbocycles. The molecule has 10 heteroatoms. The van der Waals surface area contributed by atoms with Crippen molar-refractivity contribution in [3.63, 3.8) is 0 Å². The quantitative estimate of drug-likeness (QED) is 0.469. The Morgan fingerprint density at radius 2 is 1.37 bits per heavy atom. The van der Waals surface area contributed by atoms with Crippen molar-refractivity contribution in [2.45, 2.75) is 13.1 Å². The lowest BCUT2D eigenvalue weighted by Gasteiger charge is -2.15. The van der Waals surface area contributed by atoms with E-state index in [9.17, 15) is 14.4 Å². The maximum atomic E-state index is 12.7. The van der Waals surface area contributed by atoms with Gasteiger partial charge in [-0.05, 0) is 17.7 Å². The fraction of sp³-hybridized carbons (Fsp3) is 0.100. The Hall–Kier alpha value is -4.34. The number of nitrogen functional groups attached to an aromatic ring is 1. The highest BCUT2D eigenvalue weighted by atomic mass is 16.2. The number of hydrogen-bond donors (Lipinski definition) is 2. The first-order valence-corrected chi connectivity index (χ1v) is 9.05. The zero-order chi connectivity index (χ0) is 21.1. The van der Waals surface area contributed by atoms with Gasteiger partial charge in [-0.3, -0.25) is 14.5 Å². The SMILES string of the molecule is Nc1nc(CN2C(=O)C(=O)N(Cc3ccccc3)C2=O)nc(Nc2ccccc2)n1. The fourth-order valence-corrected chi connectivity index (χ4v) is 2.95. The Morgan fingerprint density at radius 1 is 0.767 bits per heavy atom. The van der Waals surface area contributed by atoms with Crippen LogP contribution >= 0.6 is 0 Å². The summed E-state index contributed by atoms with van der Waals surface area (Å²) in [4.78, 5) is 51.3. The lowest BCUT2D eigenvalue weighted by Crippen LogP contribution is -2.33. The zero-order valence-corrected chi connectivity index (χ0v) is 15.7. The summed E-state index contributed by atoms with van der Waals surface area (Å²) in [6, 6.07) is 17.4. The van der Waals surface area contributed by atoms with Gasteiger partial charge in [0.05, 0.1) is 13.1 Å².